The first-order valence-corrected chi connectivity index (χ1v) is 5.78. The van der Waals surface area contributed by atoms with Gasteiger partial charge in [0.15, 0.2) is 0 Å². The molecule has 0 saturated carbocycles. The summed E-state index contributed by atoms with van der Waals surface area (Å²) in [6, 6.07) is 0. The topological polar surface area (TPSA) is 58.4 Å². The van der Waals surface area contributed by atoms with Crippen molar-refractivity contribution in [2.24, 2.45) is 17.6 Å². The molecule has 1 atom stereocenters. The fourth-order valence-electron chi connectivity index (χ4n) is 2.14. The van der Waals surface area contributed by atoms with Gasteiger partial charge in [-0.1, -0.05) is 6.92 Å². The highest BCUT2D eigenvalue weighted by Gasteiger charge is 2.17. The van der Waals surface area contributed by atoms with Crippen LogP contribution in [0.1, 0.15) is 19.8 Å². The molecule has 0 bridgehead atoms. The third-order valence-corrected chi connectivity index (χ3v) is 3.10. The van der Waals surface area contributed by atoms with Crippen LogP contribution in [0.3, 0.4) is 0 Å². The van der Waals surface area contributed by atoms with Crippen molar-refractivity contribution in [1.82, 2.24) is 10.2 Å². The molecule has 1 aliphatic heterocycles. The molecular formula is C11H23N3O. The highest BCUT2D eigenvalue weighted by atomic mass is 16.1. The van der Waals surface area contributed by atoms with E-state index < -0.39 is 0 Å². The van der Waals surface area contributed by atoms with Gasteiger partial charge in [-0.15, -0.1) is 0 Å². The fourth-order valence-corrected chi connectivity index (χ4v) is 2.14. The summed E-state index contributed by atoms with van der Waals surface area (Å²) in [6.07, 6.45) is 2.49. The maximum atomic E-state index is 10.9. The summed E-state index contributed by atoms with van der Waals surface area (Å²) in [5.74, 6) is 0.528. The Kier molecular flexibility index (Phi) is 5.05. The molecule has 1 saturated heterocycles. The smallest absolute Gasteiger partial charge is 0.221 e. The van der Waals surface area contributed by atoms with Crippen LogP contribution in [0.15, 0.2) is 0 Å². The van der Waals surface area contributed by atoms with Gasteiger partial charge in [-0.25, -0.2) is 0 Å². The van der Waals surface area contributed by atoms with Crippen LogP contribution in [0.4, 0.5) is 0 Å². The van der Waals surface area contributed by atoms with Gasteiger partial charge < -0.3 is 16.0 Å². The highest BCUT2D eigenvalue weighted by Crippen LogP contribution is 2.13. The molecule has 1 unspecified atom stereocenters. The summed E-state index contributed by atoms with van der Waals surface area (Å²) in [6.45, 7) is 6.01. The molecule has 1 amide bonds. The van der Waals surface area contributed by atoms with Gasteiger partial charge in [0.1, 0.15) is 0 Å². The number of carbonyl (C=O) groups is 1. The number of piperidine rings is 1. The van der Waals surface area contributed by atoms with E-state index in [0.29, 0.717) is 0 Å². The first-order valence-electron chi connectivity index (χ1n) is 5.78. The van der Waals surface area contributed by atoms with Gasteiger partial charge in [-0.2, -0.15) is 0 Å². The molecule has 0 aliphatic carbocycles. The minimum Gasteiger partial charge on any atom is -0.369 e. The summed E-state index contributed by atoms with van der Waals surface area (Å²) < 4.78 is 0. The van der Waals surface area contributed by atoms with Crippen LogP contribution >= 0.6 is 0 Å². The lowest BCUT2D eigenvalue weighted by molar-refractivity contribution is -0.121. The summed E-state index contributed by atoms with van der Waals surface area (Å²) in [4.78, 5) is 13.1. The molecule has 3 N–H and O–H groups in total. The Balaban J connectivity index is 2.22. The van der Waals surface area contributed by atoms with Crippen molar-refractivity contribution in [3.8, 4) is 0 Å². The Morgan fingerprint density at radius 1 is 1.53 bits per heavy atom. The molecule has 1 fully saturated rings. The normalized spacial score (nSPS) is 20.5. The average Bonchev–Trinajstić information content (AvgIpc) is 2.18. The second-order valence-corrected chi connectivity index (χ2v) is 4.72. The van der Waals surface area contributed by atoms with Crippen molar-refractivity contribution in [3.05, 3.63) is 0 Å². The lowest BCUT2D eigenvalue weighted by Gasteiger charge is -2.28. The lowest BCUT2D eigenvalue weighted by atomic mass is 9.97. The van der Waals surface area contributed by atoms with Crippen LogP contribution in [0.2, 0.25) is 0 Å². The van der Waals surface area contributed by atoms with E-state index in [9.17, 15) is 4.79 Å². The summed E-state index contributed by atoms with van der Waals surface area (Å²) in [5, 5.41) is 3.35. The van der Waals surface area contributed by atoms with E-state index >= 15 is 0 Å². The molecular weight excluding hydrogens is 190 g/mol. The number of rotatable bonds is 5. The minimum atomic E-state index is -0.202. The summed E-state index contributed by atoms with van der Waals surface area (Å²) >= 11 is 0. The number of hydrogen-bond acceptors (Lipinski definition) is 3. The van der Waals surface area contributed by atoms with Crippen LogP contribution in [-0.2, 0) is 4.79 Å². The van der Waals surface area contributed by atoms with Crippen LogP contribution in [0, 0.1) is 11.8 Å². The van der Waals surface area contributed by atoms with Gasteiger partial charge in [-0.3, -0.25) is 4.79 Å². The van der Waals surface area contributed by atoms with Crippen molar-refractivity contribution >= 4 is 5.91 Å². The number of nitrogens with zero attached hydrogens (tertiary/aromatic N) is 1. The highest BCUT2D eigenvalue weighted by molar-refractivity contribution is 5.76. The van der Waals surface area contributed by atoms with Crippen LogP contribution in [-0.4, -0.2) is 44.0 Å². The van der Waals surface area contributed by atoms with Gasteiger partial charge in [-0.05, 0) is 38.9 Å². The fraction of sp³-hybridized carbons (Fsp3) is 0.909. The molecule has 0 spiro atoms. The molecule has 1 heterocycles. The number of hydrogen-bond donors (Lipinski definition) is 2. The molecule has 1 rings (SSSR count). The van der Waals surface area contributed by atoms with Crippen molar-refractivity contribution in [3.63, 3.8) is 0 Å². The second kappa shape index (κ2) is 6.08. The molecule has 88 valence electrons. The van der Waals surface area contributed by atoms with E-state index in [1.54, 1.807) is 0 Å². The molecule has 0 aromatic heterocycles. The van der Waals surface area contributed by atoms with Crippen LogP contribution in [0.5, 0.6) is 0 Å². The predicted molar refractivity (Wildman–Crippen MR) is 61.4 cm³/mol. The van der Waals surface area contributed by atoms with Gasteiger partial charge in [0.2, 0.25) is 5.91 Å². The van der Waals surface area contributed by atoms with Crippen molar-refractivity contribution in [1.29, 1.82) is 0 Å². The van der Waals surface area contributed by atoms with Crippen LogP contribution in [0.25, 0.3) is 0 Å². The first-order chi connectivity index (χ1) is 7.09. The van der Waals surface area contributed by atoms with E-state index in [1.165, 1.54) is 12.8 Å². The third-order valence-electron chi connectivity index (χ3n) is 3.10. The zero-order valence-electron chi connectivity index (χ0n) is 9.83. The van der Waals surface area contributed by atoms with E-state index in [0.717, 1.165) is 32.1 Å². The van der Waals surface area contributed by atoms with Gasteiger partial charge in [0.25, 0.3) is 0 Å². The number of primary amides is 1. The second-order valence-electron chi connectivity index (χ2n) is 4.72. The number of nitrogens with two attached hydrogens (primary N) is 1. The monoisotopic (exact) mass is 213 g/mol. The molecule has 1 aliphatic rings. The first kappa shape index (κ1) is 12.5. The van der Waals surface area contributed by atoms with Crippen molar-refractivity contribution in [2.45, 2.75) is 19.8 Å². The van der Waals surface area contributed by atoms with Crippen LogP contribution < -0.4 is 11.1 Å². The molecule has 0 aromatic carbocycles. The van der Waals surface area contributed by atoms with E-state index in [4.69, 9.17) is 5.73 Å². The van der Waals surface area contributed by atoms with Gasteiger partial charge >= 0.3 is 0 Å². The van der Waals surface area contributed by atoms with Crippen molar-refractivity contribution < 1.29 is 4.79 Å². The van der Waals surface area contributed by atoms with Crippen molar-refractivity contribution in [2.75, 3.05) is 33.2 Å². The molecule has 0 aromatic rings. The standard InChI is InChI=1S/C11H23N3O/c1-9(11(12)15)7-14(2)8-10-3-5-13-6-4-10/h9-10,13H,3-8H2,1-2H3,(H2,12,15). The molecule has 4 nitrogen and oxygen atoms in total. The van der Waals surface area contributed by atoms with Gasteiger partial charge in [0, 0.05) is 19.0 Å². The Hall–Kier alpha value is -0.610. The van der Waals surface area contributed by atoms with E-state index in [2.05, 4.69) is 17.3 Å². The number of amides is 1. The molecule has 4 heteroatoms. The maximum absolute atomic E-state index is 10.9. The largest absolute Gasteiger partial charge is 0.369 e. The molecule has 0 radical (unpaired) electrons. The van der Waals surface area contributed by atoms with Gasteiger partial charge in [0.05, 0.1) is 0 Å². The Labute approximate surface area is 92.2 Å². The zero-order valence-corrected chi connectivity index (χ0v) is 9.83. The summed E-state index contributed by atoms with van der Waals surface area (Å²) in [5.41, 5.74) is 5.24. The summed E-state index contributed by atoms with van der Waals surface area (Å²) in [7, 11) is 2.07. The maximum Gasteiger partial charge on any atom is 0.221 e. The quantitative estimate of drug-likeness (QED) is 0.678. The number of carbonyl (C=O) groups excluding carboxylic acids is 1. The SMILES string of the molecule is CC(CN(C)CC1CCNCC1)C(N)=O. The third kappa shape index (κ3) is 4.62. The lowest BCUT2D eigenvalue weighted by Crippen LogP contribution is -2.38. The Morgan fingerprint density at radius 2 is 2.13 bits per heavy atom. The van der Waals surface area contributed by atoms with E-state index in [1.807, 2.05) is 6.92 Å². The predicted octanol–water partition coefficient (Wildman–Crippen LogP) is 0.0392. The minimum absolute atomic E-state index is 0.0447. The number of nitrogens with one attached hydrogen (secondary N) is 1. The zero-order chi connectivity index (χ0) is 11.3. The van der Waals surface area contributed by atoms with E-state index in [-0.39, 0.29) is 11.8 Å². The Bertz CT molecular complexity index is 202. The average molecular weight is 213 g/mol. The Morgan fingerprint density at radius 3 is 2.67 bits per heavy atom. The molecule has 15 heavy (non-hydrogen) atoms.